The molecule has 0 unspecified atom stereocenters. The molecule has 0 amide bonds. The first-order chi connectivity index (χ1) is 9.65. The zero-order chi connectivity index (χ0) is 14.4. The Morgan fingerprint density at radius 3 is 2.85 bits per heavy atom. The number of pyridine rings is 1. The Balaban J connectivity index is 2.04. The van der Waals surface area contributed by atoms with Crippen LogP contribution in [0.5, 0.6) is 5.75 Å². The standard InChI is InChI=1S/C14H11FN2O3/c15-13-9-11(6-8-17(18)19)4-5-14(13)20-10-12-3-1-2-7-16-12/h1-9H,10H2. The third kappa shape index (κ3) is 3.88. The molecule has 102 valence electrons. The van der Waals surface area contributed by atoms with Gasteiger partial charge in [-0.3, -0.25) is 15.1 Å². The minimum Gasteiger partial charge on any atom is -0.484 e. The minimum absolute atomic E-state index is 0.0777. The third-order valence-electron chi connectivity index (χ3n) is 2.45. The highest BCUT2D eigenvalue weighted by Gasteiger charge is 2.05. The monoisotopic (exact) mass is 274 g/mol. The van der Waals surface area contributed by atoms with Crippen molar-refractivity contribution in [2.45, 2.75) is 6.61 Å². The van der Waals surface area contributed by atoms with Crippen molar-refractivity contribution in [3.05, 3.63) is 76.0 Å². The molecule has 1 aromatic heterocycles. The second kappa shape index (κ2) is 6.42. The Bertz CT molecular complexity index is 630. The van der Waals surface area contributed by atoms with Crippen molar-refractivity contribution in [3.8, 4) is 5.75 Å². The van der Waals surface area contributed by atoms with E-state index in [1.54, 1.807) is 18.3 Å². The van der Waals surface area contributed by atoms with Crippen LogP contribution in [-0.4, -0.2) is 9.91 Å². The fraction of sp³-hybridized carbons (Fsp3) is 0.0714. The maximum atomic E-state index is 13.7. The Labute approximate surface area is 114 Å². The van der Waals surface area contributed by atoms with Gasteiger partial charge in [0, 0.05) is 12.3 Å². The number of rotatable bonds is 5. The number of nitro groups is 1. The number of aromatic nitrogens is 1. The highest BCUT2D eigenvalue weighted by atomic mass is 19.1. The molecule has 0 radical (unpaired) electrons. The maximum Gasteiger partial charge on any atom is 0.235 e. The van der Waals surface area contributed by atoms with Gasteiger partial charge in [-0.05, 0) is 29.8 Å². The van der Waals surface area contributed by atoms with Gasteiger partial charge in [0.1, 0.15) is 6.61 Å². The molecule has 1 aromatic carbocycles. The van der Waals surface area contributed by atoms with E-state index in [4.69, 9.17) is 4.74 Å². The Kier molecular flexibility index (Phi) is 4.39. The normalized spacial score (nSPS) is 10.7. The van der Waals surface area contributed by atoms with Gasteiger partial charge in [-0.25, -0.2) is 4.39 Å². The summed E-state index contributed by atoms with van der Waals surface area (Å²) in [7, 11) is 0. The number of nitrogens with zero attached hydrogens (tertiary/aromatic N) is 2. The van der Waals surface area contributed by atoms with E-state index in [-0.39, 0.29) is 12.4 Å². The van der Waals surface area contributed by atoms with Crippen LogP contribution in [0.2, 0.25) is 0 Å². The fourth-order valence-electron chi connectivity index (χ4n) is 1.52. The first-order valence-corrected chi connectivity index (χ1v) is 5.79. The lowest BCUT2D eigenvalue weighted by Crippen LogP contribution is -1.99. The zero-order valence-corrected chi connectivity index (χ0v) is 10.4. The highest BCUT2D eigenvalue weighted by molar-refractivity contribution is 5.49. The summed E-state index contributed by atoms with van der Waals surface area (Å²) >= 11 is 0. The van der Waals surface area contributed by atoms with Crippen LogP contribution in [0.1, 0.15) is 11.3 Å². The summed E-state index contributed by atoms with van der Waals surface area (Å²) in [5.41, 5.74) is 1.08. The van der Waals surface area contributed by atoms with E-state index in [9.17, 15) is 14.5 Å². The lowest BCUT2D eigenvalue weighted by molar-refractivity contribution is -0.400. The van der Waals surface area contributed by atoms with E-state index >= 15 is 0 Å². The van der Waals surface area contributed by atoms with E-state index in [0.717, 1.165) is 6.20 Å². The van der Waals surface area contributed by atoms with E-state index in [1.165, 1.54) is 24.3 Å². The van der Waals surface area contributed by atoms with Crippen LogP contribution in [0, 0.1) is 15.9 Å². The predicted molar refractivity (Wildman–Crippen MR) is 71.0 cm³/mol. The molecule has 0 saturated heterocycles. The maximum absolute atomic E-state index is 13.7. The second-order valence-corrected chi connectivity index (χ2v) is 3.90. The van der Waals surface area contributed by atoms with Gasteiger partial charge < -0.3 is 4.74 Å². The second-order valence-electron chi connectivity index (χ2n) is 3.90. The molecule has 2 rings (SSSR count). The summed E-state index contributed by atoms with van der Waals surface area (Å²) in [4.78, 5) is 13.6. The van der Waals surface area contributed by atoms with Gasteiger partial charge in [-0.2, -0.15) is 0 Å². The quantitative estimate of drug-likeness (QED) is 0.621. The molecule has 0 aliphatic carbocycles. The summed E-state index contributed by atoms with van der Waals surface area (Å²) in [6.45, 7) is 0.155. The van der Waals surface area contributed by atoms with Crippen molar-refractivity contribution < 1.29 is 14.1 Å². The van der Waals surface area contributed by atoms with E-state index in [2.05, 4.69) is 4.98 Å². The van der Waals surface area contributed by atoms with E-state index in [0.29, 0.717) is 11.3 Å². The zero-order valence-electron chi connectivity index (χ0n) is 10.4. The molecule has 0 atom stereocenters. The van der Waals surface area contributed by atoms with Crippen molar-refractivity contribution in [2.24, 2.45) is 0 Å². The van der Waals surface area contributed by atoms with Crippen molar-refractivity contribution in [1.82, 2.24) is 4.98 Å². The summed E-state index contributed by atoms with van der Waals surface area (Å²) in [6, 6.07) is 9.50. The number of ether oxygens (including phenoxy) is 1. The average molecular weight is 274 g/mol. The average Bonchev–Trinajstić information content (AvgIpc) is 2.45. The van der Waals surface area contributed by atoms with Crippen LogP contribution in [0.4, 0.5) is 4.39 Å². The van der Waals surface area contributed by atoms with Crippen LogP contribution in [-0.2, 0) is 6.61 Å². The first-order valence-electron chi connectivity index (χ1n) is 5.79. The molecular formula is C14H11FN2O3. The molecule has 0 N–H and O–H groups in total. The van der Waals surface area contributed by atoms with Crippen LogP contribution >= 0.6 is 0 Å². The van der Waals surface area contributed by atoms with Gasteiger partial charge in [0.15, 0.2) is 11.6 Å². The Morgan fingerprint density at radius 2 is 2.20 bits per heavy atom. The molecule has 0 aliphatic heterocycles. The Morgan fingerprint density at radius 1 is 1.35 bits per heavy atom. The van der Waals surface area contributed by atoms with E-state index < -0.39 is 10.7 Å². The topological polar surface area (TPSA) is 65.3 Å². The first kappa shape index (κ1) is 13.7. The predicted octanol–water partition coefficient (Wildman–Crippen LogP) is 3.05. The van der Waals surface area contributed by atoms with Crippen LogP contribution in [0.25, 0.3) is 6.08 Å². The smallest absolute Gasteiger partial charge is 0.235 e. The molecular weight excluding hydrogens is 263 g/mol. The summed E-state index contributed by atoms with van der Waals surface area (Å²) in [6.07, 6.45) is 3.59. The van der Waals surface area contributed by atoms with Crippen molar-refractivity contribution in [2.75, 3.05) is 0 Å². The molecule has 0 aliphatic rings. The minimum atomic E-state index is -0.608. The molecule has 0 saturated carbocycles. The fourth-order valence-corrected chi connectivity index (χ4v) is 1.52. The van der Waals surface area contributed by atoms with Crippen molar-refractivity contribution >= 4 is 6.08 Å². The molecule has 6 heteroatoms. The largest absolute Gasteiger partial charge is 0.484 e. The number of halogens is 1. The molecule has 5 nitrogen and oxygen atoms in total. The van der Waals surface area contributed by atoms with Crippen LogP contribution < -0.4 is 4.74 Å². The molecule has 0 fully saturated rings. The van der Waals surface area contributed by atoms with Gasteiger partial charge in [0.05, 0.1) is 10.6 Å². The third-order valence-corrected chi connectivity index (χ3v) is 2.45. The SMILES string of the molecule is O=[N+]([O-])C=Cc1ccc(OCc2ccccn2)c(F)c1. The highest BCUT2D eigenvalue weighted by Crippen LogP contribution is 2.20. The number of benzene rings is 1. The molecule has 1 heterocycles. The van der Waals surface area contributed by atoms with Gasteiger partial charge >= 0.3 is 0 Å². The van der Waals surface area contributed by atoms with Crippen molar-refractivity contribution in [1.29, 1.82) is 0 Å². The van der Waals surface area contributed by atoms with E-state index in [1.807, 2.05) is 6.07 Å². The van der Waals surface area contributed by atoms with Gasteiger partial charge in [-0.15, -0.1) is 0 Å². The van der Waals surface area contributed by atoms with Gasteiger partial charge in [0.25, 0.3) is 0 Å². The Hall–Kier alpha value is -2.76. The molecule has 2 aromatic rings. The number of hydrogen-bond donors (Lipinski definition) is 0. The van der Waals surface area contributed by atoms with Gasteiger partial charge in [0.2, 0.25) is 6.20 Å². The van der Waals surface area contributed by atoms with Crippen LogP contribution in [0.15, 0.2) is 48.8 Å². The molecule has 0 spiro atoms. The summed E-state index contributed by atoms with van der Waals surface area (Å²) < 4.78 is 19.0. The van der Waals surface area contributed by atoms with Crippen LogP contribution in [0.3, 0.4) is 0 Å². The molecule has 0 bridgehead atoms. The van der Waals surface area contributed by atoms with Gasteiger partial charge in [-0.1, -0.05) is 12.1 Å². The van der Waals surface area contributed by atoms with Crippen molar-refractivity contribution in [3.63, 3.8) is 0 Å². The lowest BCUT2D eigenvalue weighted by Gasteiger charge is -2.07. The number of hydrogen-bond acceptors (Lipinski definition) is 4. The summed E-state index contributed by atoms with van der Waals surface area (Å²) in [5, 5.41) is 10.2. The lowest BCUT2D eigenvalue weighted by atomic mass is 10.2. The summed E-state index contributed by atoms with van der Waals surface area (Å²) in [5.74, 6) is -0.500. The molecule has 20 heavy (non-hydrogen) atoms.